The van der Waals surface area contributed by atoms with Gasteiger partial charge in [-0.1, -0.05) is 23.2 Å². The summed E-state index contributed by atoms with van der Waals surface area (Å²) >= 11 is 13.9. The van der Waals surface area contributed by atoms with Gasteiger partial charge in [-0.05, 0) is 48.6 Å². The first-order chi connectivity index (χ1) is 8.11. The van der Waals surface area contributed by atoms with E-state index in [1.165, 1.54) is 4.90 Å². The molecule has 0 spiro atoms. The van der Waals surface area contributed by atoms with Crippen molar-refractivity contribution < 1.29 is 9.90 Å². The molecule has 0 radical (unpaired) electrons. The number of halogens is 3. The van der Waals surface area contributed by atoms with Crippen LogP contribution >= 0.6 is 45.8 Å². The van der Waals surface area contributed by atoms with E-state index in [9.17, 15) is 9.90 Å². The van der Waals surface area contributed by atoms with Gasteiger partial charge in [-0.2, -0.15) is 0 Å². The van der Waals surface area contributed by atoms with Gasteiger partial charge in [0.15, 0.2) is 0 Å². The number of likely N-dealkylation sites (N-methyl/N-ethyl adjacent to an activating group) is 1. The lowest BCUT2D eigenvalue weighted by Crippen LogP contribution is -2.40. The summed E-state index contributed by atoms with van der Waals surface area (Å²) in [5.74, 6) is -0.217. The van der Waals surface area contributed by atoms with E-state index in [4.69, 9.17) is 23.2 Å². The summed E-state index contributed by atoms with van der Waals surface area (Å²) in [5, 5.41) is 10.6. The van der Waals surface area contributed by atoms with Gasteiger partial charge in [-0.3, -0.25) is 4.79 Å². The smallest absolute Gasteiger partial charge is 0.254 e. The van der Waals surface area contributed by atoms with Crippen LogP contribution in [0.5, 0.6) is 0 Å². The van der Waals surface area contributed by atoms with Gasteiger partial charge in [0.25, 0.3) is 5.91 Å². The molecule has 1 rings (SSSR count). The van der Waals surface area contributed by atoms with E-state index >= 15 is 0 Å². The van der Waals surface area contributed by atoms with E-state index in [-0.39, 0.29) is 12.5 Å². The summed E-state index contributed by atoms with van der Waals surface area (Å²) < 4.78 is 0.659. The first-order valence-electron chi connectivity index (χ1n) is 5.24. The highest BCUT2D eigenvalue weighted by Gasteiger charge is 2.22. The minimum atomic E-state index is -0.946. The minimum absolute atomic E-state index is 0.217. The van der Waals surface area contributed by atoms with Crippen molar-refractivity contribution >= 4 is 51.7 Å². The predicted octanol–water partition coefficient (Wildman–Crippen LogP) is 3.44. The maximum atomic E-state index is 12.2. The molecule has 1 N–H and O–H groups in total. The molecule has 1 aromatic rings. The van der Waals surface area contributed by atoms with E-state index < -0.39 is 5.60 Å². The molecule has 0 aliphatic heterocycles. The summed E-state index contributed by atoms with van der Waals surface area (Å²) in [7, 11) is 1.63. The van der Waals surface area contributed by atoms with Crippen LogP contribution in [0.4, 0.5) is 0 Å². The van der Waals surface area contributed by atoms with Crippen LogP contribution in [-0.2, 0) is 0 Å². The number of benzene rings is 1. The second kappa shape index (κ2) is 5.94. The van der Waals surface area contributed by atoms with Gasteiger partial charge < -0.3 is 10.0 Å². The molecule has 1 aromatic carbocycles. The molecular formula is C12H14Cl2INO2. The fourth-order valence-corrected chi connectivity index (χ4v) is 2.60. The van der Waals surface area contributed by atoms with Crippen molar-refractivity contribution in [2.75, 3.05) is 13.6 Å². The average molecular weight is 402 g/mol. The molecule has 0 fully saturated rings. The Labute approximate surface area is 130 Å². The molecule has 0 aromatic heterocycles. The fourth-order valence-electron chi connectivity index (χ4n) is 1.57. The number of hydrogen-bond donors (Lipinski definition) is 1. The standard InChI is InChI=1S/C12H14Cl2INO2/c1-12(2,18)6-16(3)11(17)8-4-7(13)5-9(14)10(8)15/h4-5,18H,6H2,1-3H3. The highest BCUT2D eigenvalue weighted by molar-refractivity contribution is 14.1. The summed E-state index contributed by atoms with van der Waals surface area (Å²) in [5.41, 5.74) is -0.502. The highest BCUT2D eigenvalue weighted by atomic mass is 127. The molecule has 1 amide bonds. The van der Waals surface area contributed by atoms with E-state index in [1.807, 2.05) is 22.6 Å². The molecule has 0 unspecified atom stereocenters. The SMILES string of the molecule is CN(CC(C)(C)O)C(=O)c1cc(Cl)cc(Cl)c1I. The Morgan fingerprint density at radius 3 is 2.50 bits per heavy atom. The Balaban J connectivity index is 3.04. The Morgan fingerprint density at radius 1 is 1.44 bits per heavy atom. The molecule has 0 saturated carbocycles. The van der Waals surface area contributed by atoms with Crippen LogP contribution < -0.4 is 0 Å². The fraction of sp³-hybridized carbons (Fsp3) is 0.417. The molecule has 100 valence electrons. The van der Waals surface area contributed by atoms with Crippen LogP contribution in [0.2, 0.25) is 10.0 Å². The molecule has 18 heavy (non-hydrogen) atoms. The van der Waals surface area contributed by atoms with Gasteiger partial charge in [0.2, 0.25) is 0 Å². The van der Waals surface area contributed by atoms with Gasteiger partial charge in [-0.25, -0.2) is 0 Å². The number of aliphatic hydroxyl groups is 1. The van der Waals surface area contributed by atoms with Crippen molar-refractivity contribution in [2.24, 2.45) is 0 Å². The minimum Gasteiger partial charge on any atom is -0.389 e. The Kier molecular flexibility index (Phi) is 5.29. The zero-order valence-electron chi connectivity index (χ0n) is 10.3. The maximum Gasteiger partial charge on any atom is 0.254 e. The third-order valence-corrected chi connectivity index (χ3v) is 4.19. The molecule has 0 atom stereocenters. The van der Waals surface area contributed by atoms with Gasteiger partial charge in [-0.15, -0.1) is 0 Å². The molecule has 3 nitrogen and oxygen atoms in total. The largest absolute Gasteiger partial charge is 0.389 e. The van der Waals surface area contributed by atoms with Crippen molar-refractivity contribution in [1.82, 2.24) is 4.90 Å². The summed E-state index contributed by atoms with van der Waals surface area (Å²) in [6, 6.07) is 3.18. The molecule has 0 heterocycles. The predicted molar refractivity (Wildman–Crippen MR) is 82.4 cm³/mol. The van der Waals surface area contributed by atoms with Crippen LogP contribution in [0, 0.1) is 3.57 Å². The van der Waals surface area contributed by atoms with Crippen LogP contribution in [0.1, 0.15) is 24.2 Å². The first-order valence-corrected chi connectivity index (χ1v) is 7.07. The zero-order chi connectivity index (χ0) is 14.1. The quantitative estimate of drug-likeness (QED) is 0.622. The van der Waals surface area contributed by atoms with E-state index in [1.54, 1.807) is 33.0 Å². The molecule has 0 bridgehead atoms. The van der Waals surface area contributed by atoms with Crippen LogP contribution in [0.25, 0.3) is 0 Å². The second-order valence-corrected chi connectivity index (χ2v) is 6.65. The number of nitrogens with zero attached hydrogens (tertiary/aromatic N) is 1. The van der Waals surface area contributed by atoms with Gasteiger partial charge in [0, 0.05) is 22.2 Å². The van der Waals surface area contributed by atoms with E-state index in [0.717, 1.165) is 0 Å². The molecule has 0 saturated heterocycles. The molecule has 0 aliphatic carbocycles. The summed E-state index contributed by atoms with van der Waals surface area (Å²) in [6.45, 7) is 3.52. The van der Waals surface area contributed by atoms with Crippen LogP contribution in [0.15, 0.2) is 12.1 Å². The van der Waals surface area contributed by atoms with Crippen LogP contribution in [-0.4, -0.2) is 35.1 Å². The van der Waals surface area contributed by atoms with Gasteiger partial charge >= 0.3 is 0 Å². The molecule has 0 aliphatic rings. The third kappa shape index (κ3) is 4.26. The van der Waals surface area contributed by atoms with Crippen molar-refractivity contribution in [3.63, 3.8) is 0 Å². The van der Waals surface area contributed by atoms with Crippen molar-refractivity contribution in [3.8, 4) is 0 Å². The lowest BCUT2D eigenvalue weighted by molar-refractivity contribution is 0.0367. The van der Waals surface area contributed by atoms with E-state index in [0.29, 0.717) is 19.2 Å². The highest BCUT2D eigenvalue weighted by Crippen LogP contribution is 2.27. The number of hydrogen-bond acceptors (Lipinski definition) is 2. The second-order valence-electron chi connectivity index (χ2n) is 4.72. The van der Waals surface area contributed by atoms with Crippen molar-refractivity contribution in [3.05, 3.63) is 31.3 Å². The Bertz CT molecular complexity index is 472. The van der Waals surface area contributed by atoms with Gasteiger partial charge in [0.1, 0.15) is 0 Å². The first kappa shape index (κ1) is 16.0. The number of carbonyl (C=O) groups is 1. The Morgan fingerprint density at radius 2 is 2.00 bits per heavy atom. The van der Waals surface area contributed by atoms with Gasteiger partial charge in [0.05, 0.1) is 16.2 Å². The molecular weight excluding hydrogens is 388 g/mol. The molecule has 6 heteroatoms. The summed E-state index contributed by atoms with van der Waals surface area (Å²) in [6.07, 6.45) is 0. The van der Waals surface area contributed by atoms with Crippen molar-refractivity contribution in [1.29, 1.82) is 0 Å². The van der Waals surface area contributed by atoms with Crippen LogP contribution in [0.3, 0.4) is 0 Å². The third-order valence-electron chi connectivity index (χ3n) is 2.19. The number of amides is 1. The monoisotopic (exact) mass is 401 g/mol. The lowest BCUT2D eigenvalue weighted by atomic mass is 10.1. The maximum absolute atomic E-state index is 12.2. The normalized spacial score (nSPS) is 11.5. The Hall–Kier alpha value is -0.0400. The lowest BCUT2D eigenvalue weighted by Gasteiger charge is -2.26. The van der Waals surface area contributed by atoms with E-state index in [2.05, 4.69) is 0 Å². The number of carbonyl (C=O) groups excluding carboxylic acids is 1. The average Bonchev–Trinajstić information content (AvgIpc) is 2.19. The number of rotatable bonds is 3. The summed E-state index contributed by atoms with van der Waals surface area (Å²) in [4.78, 5) is 13.7. The topological polar surface area (TPSA) is 40.5 Å². The zero-order valence-corrected chi connectivity index (χ0v) is 14.0. The van der Waals surface area contributed by atoms with Crippen molar-refractivity contribution in [2.45, 2.75) is 19.4 Å².